The number of nitrogens with one attached hydrogen (secondary N) is 1. The van der Waals surface area contributed by atoms with Crippen molar-refractivity contribution in [3.8, 4) is 0 Å². The Kier molecular flexibility index (Phi) is 7.68. The van der Waals surface area contributed by atoms with E-state index in [4.69, 9.17) is 0 Å². The maximum atomic E-state index is 9.85. The minimum Gasteiger partial charge on any atom is -0.393 e. The Balaban J connectivity index is 1.69. The molecule has 0 heterocycles. The van der Waals surface area contributed by atoms with Gasteiger partial charge in [-0.05, 0) is 55.5 Å². The van der Waals surface area contributed by atoms with E-state index in [2.05, 4.69) is 48.6 Å². The number of anilines is 2. The van der Waals surface area contributed by atoms with Gasteiger partial charge in [0.1, 0.15) is 0 Å². The third-order valence-electron chi connectivity index (χ3n) is 4.16. The van der Waals surface area contributed by atoms with Gasteiger partial charge in [0, 0.05) is 11.4 Å². The van der Waals surface area contributed by atoms with Crippen LogP contribution in [0.4, 0.5) is 11.4 Å². The summed E-state index contributed by atoms with van der Waals surface area (Å²) >= 11 is 0. The summed E-state index contributed by atoms with van der Waals surface area (Å²) in [5.41, 5.74) is 3.60. The van der Waals surface area contributed by atoms with E-state index in [1.54, 1.807) is 0 Å². The van der Waals surface area contributed by atoms with Crippen LogP contribution in [0.2, 0.25) is 0 Å². The molecule has 0 fully saturated rings. The Morgan fingerprint density at radius 1 is 0.826 bits per heavy atom. The quantitative estimate of drug-likeness (QED) is 0.552. The second-order valence-electron chi connectivity index (χ2n) is 6.23. The molecule has 0 saturated heterocycles. The van der Waals surface area contributed by atoms with E-state index < -0.39 is 0 Å². The van der Waals surface area contributed by atoms with Crippen molar-refractivity contribution < 1.29 is 5.11 Å². The molecule has 2 aromatic rings. The number of para-hydroxylation sites is 1. The lowest BCUT2D eigenvalue weighted by atomic mass is 10.0. The summed E-state index contributed by atoms with van der Waals surface area (Å²) in [6.07, 6.45) is 7.43. The van der Waals surface area contributed by atoms with Crippen LogP contribution in [0.3, 0.4) is 0 Å². The van der Waals surface area contributed by atoms with Crippen LogP contribution in [0.15, 0.2) is 54.6 Å². The van der Waals surface area contributed by atoms with Gasteiger partial charge in [0.25, 0.3) is 0 Å². The molecule has 0 amide bonds. The highest BCUT2D eigenvalue weighted by molar-refractivity contribution is 5.59. The third-order valence-corrected chi connectivity index (χ3v) is 4.16. The number of rotatable bonds is 10. The highest BCUT2D eigenvalue weighted by Crippen LogP contribution is 2.18. The Bertz CT molecular complexity index is 536. The van der Waals surface area contributed by atoms with Gasteiger partial charge in [-0.3, -0.25) is 0 Å². The lowest BCUT2D eigenvalue weighted by Gasteiger charge is -2.10. The first-order valence-corrected chi connectivity index (χ1v) is 8.87. The maximum Gasteiger partial charge on any atom is 0.0540 e. The first-order chi connectivity index (χ1) is 11.3. The Morgan fingerprint density at radius 2 is 1.48 bits per heavy atom. The minimum absolute atomic E-state index is 0.104. The van der Waals surface area contributed by atoms with Gasteiger partial charge in [-0.1, -0.05) is 56.5 Å². The van der Waals surface area contributed by atoms with Crippen LogP contribution < -0.4 is 5.32 Å². The van der Waals surface area contributed by atoms with E-state index in [1.807, 2.05) is 18.2 Å². The molecule has 2 aromatic carbocycles. The average Bonchev–Trinajstić information content (AvgIpc) is 2.59. The fraction of sp³-hybridized carbons (Fsp3) is 0.429. The summed E-state index contributed by atoms with van der Waals surface area (Å²) in [6.45, 7) is 2.17. The lowest BCUT2D eigenvalue weighted by molar-refractivity contribution is 0.148. The first-order valence-electron chi connectivity index (χ1n) is 8.87. The van der Waals surface area contributed by atoms with Gasteiger partial charge in [-0.15, -0.1) is 0 Å². The molecular formula is C21H29NO. The molecular weight excluding hydrogens is 282 g/mol. The summed E-state index contributed by atoms with van der Waals surface area (Å²) in [5, 5.41) is 13.2. The van der Waals surface area contributed by atoms with Gasteiger partial charge >= 0.3 is 0 Å². The fourth-order valence-electron chi connectivity index (χ4n) is 2.74. The second-order valence-corrected chi connectivity index (χ2v) is 6.23. The van der Waals surface area contributed by atoms with E-state index >= 15 is 0 Å². The minimum atomic E-state index is -0.104. The van der Waals surface area contributed by atoms with Crippen molar-refractivity contribution in [2.45, 2.75) is 58.0 Å². The number of benzene rings is 2. The molecule has 23 heavy (non-hydrogen) atoms. The second kappa shape index (κ2) is 10.1. The highest BCUT2D eigenvalue weighted by Gasteiger charge is 2.03. The number of aliphatic hydroxyl groups is 1. The molecule has 1 atom stereocenters. The Labute approximate surface area is 140 Å². The molecule has 2 heteroatoms. The van der Waals surface area contributed by atoms with Crippen molar-refractivity contribution in [1.82, 2.24) is 0 Å². The number of aliphatic hydroxyl groups excluding tert-OH is 1. The van der Waals surface area contributed by atoms with Crippen LogP contribution in [-0.2, 0) is 6.42 Å². The Hall–Kier alpha value is -1.80. The van der Waals surface area contributed by atoms with Crippen LogP contribution in [0.1, 0.15) is 51.0 Å². The SMILES string of the molecule is CCCCC(O)CCCCc1ccc(Nc2ccccc2)cc1. The van der Waals surface area contributed by atoms with Crippen molar-refractivity contribution in [1.29, 1.82) is 0 Å². The van der Waals surface area contributed by atoms with Gasteiger partial charge in [0.2, 0.25) is 0 Å². The molecule has 0 spiro atoms. The monoisotopic (exact) mass is 311 g/mol. The number of hydrogen-bond donors (Lipinski definition) is 2. The van der Waals surface area contributed by atoms with Crippen molar-refractivity contribution >= 4 is 11.4 Å². The fourth-order valence-corrected chi connectivity index (χ4v) is 2.74. The van der Waals surface area contributed by atoms with E-state index in [0.717, 1.165) is 49.9 Å². The van der Waals surface area contributed by atoms with Gasteiger partial charge < -0.3 is 10.4 Å². The van der Waals surface area contributed by atoms with Crippen molar-refractivity contribution in [3.63, 3.8) is 0 Å². The summed E-state index contributed by atoms with van der Waals surface area (Å²) in [6, 6.07) is 18.9. The smallest absolute Gasteiger partial charge is 0.0540 e. The molecule has 0 aromatic heterocycles. The third kappa shape index (κ3) is 6.87. The summed E-state index contributed by atoms with van der Waals surface area (Å²) in [4.78, 5) is 0. The van der Waals surface area contributed by atoms with Crippen LogP contribution in [0, 0.1) is 0 Å². The average molecular weight is 311 g/mol. The van der Waals surface area contributed by atoms with E-state index in [-0.39, 0.29) is 6.10 Å². The van der Waals surface area contributed by atoms with Crippen LogP contribution in [0.5, 0.6) is 0 Å². The standard InChI is InChI=1S/C21H29NO/c1-2-3-12-21(23)13-8-7-9-18-14-16-20(17-15-18)22-19-10-5-4-6-11-19/h4-6,10-11,14-17,21-23H,2-3,7-9,12-13H2,1H3. The van der Waals surface area contributed by atoms with Gasteiger partial charge in [-0.25, -0.2) is 0 Å². The number of unbranched alkanes of at least 4 members (excludes halogenated alkanes) is 2. The summed E-state index contributed by atoms with van der Waals surface area (Å²) < 4.78 is 0. The molecule has 2 nitrogen and oxygen atoms in total. The summed E-state index contributed by atoms with van der Waals surface area (Å²) in [5.74, 6) is 0. The topological polar surface area (TPSA) is 32.3 Å². The van der Waals surface area contributed by atoms with Crippen LogP contribution >= 0.6 is 0 Å². The molecule has 0 aliphatic rings. The molecule has 124 valence electrons. The molecule has 0 aliphatic carbocycles. The maximum absolute atomic E-state index is 9.85. The van der Waals surface area contributed by atoms with E-state index in [9.17, 15) is 5.11 Å². The molecule has 0 aliphatic heterocycles. The van der Waals surface area contributed by atoms with E-state index in [0.29, 0.717) is 0 Å². The van der Waals surface area contributed by atoms with Gasteiger partial charge in [0.15, 0.2) is 0 Å². The van der Waals surface area contributed by atoms with Gasteiger partial charge in [-0.2, -0.15) is 0 Å². The zero-order valence-corrected chi connectivity index (χ0v) is 14.2. The number of aryl methyl sites for hydroxylation is 1. The van der Waals surface area contributed by atoms with Gasteiger partial charge in [0.05, 0.1) is 6.10 Å². The van der Waals surface area contributed by atoms with Crippen LogP contribution in [-0.4, -0.2) is 11.2 Å². The van der Waals surface area contributed by atoms with Crippen molar-refractivity contribution in [2.24, 2.45) is 0 Å². The molecule has 0 bridgehead atoms. The molecule has 2 N–H and O–H groups in total. The predicted molar refractivity (Wildman–Crippen MR) is 99.3 cm³/mol. The first kappa shape index (κ1) is 17.6. The van der Waals surface area contributed by atoms with Crippen molar-refractivity contribution in [2.75, 3.05) is 5.32 Å². The lowest BCUT2D eigenvalue weighted by Crippen LogP contribution is -2.05. The molecule has 2 rings (SSSR count). The zero-order chi connectivity index (χ0) is 16.3. The normalized spacial score (nSPS) is 12.1. The predicted octanol–water partition coefficient (Wildman–Crippen LogP) is 5.69. The Morgan fingerprint density at radius 3 is 2.17 bits per heavy atom. The molecule has 0 radical (unpaired) electrons. The molecule has 0 saturated carbocycles. The largest absolute Gasteiger partial charge is 0.393 e. The van der Waals surface area contributed by atoms with Crippen LogP contribution in [0.25, 0.3) is 0 Å². The van der Waals surface area contributed by atoms with E-state index in [1.165, 1.54) is 12.0 Å². The number of hydrogen-bond acceptors (Lipinski definition) is 2. The molecule has 1 unspecified atom stereocenters. The summed E-state index contributed by atoms with van der Waals surface area (Å²) in [7, 11) is 0. The highest BCUT2D eigenvalue weighted by atomic mass is 16.3. The zero-order valence-electron chi connectivity index (χ0n) is 14.2. The van der Waals surface area contributed by atoms with Crippen molar-refractivity contribution in [3.05, 3.63) is 60.2 Å².